The fraction of sp³-hybridized carbons (Fsp3) is 0.714. The van der Waals surface area contributed by atoms with Crippen LogP contribution in [0, 0.1) is 0 Å². The number of amides is 1. The quantitative estimate of drug-likeness (QED) is 0.909. The maximum atomic E-state index is 12.5. The van der Waals surface area contributed by atoms with Gasteiger partial charge in [-0.15, -0.1) is 0 Å². The number of halogens is 1. The van der Waals surface area contributed by atoms with Crippen molar-refractivity contribution < 1.29 is 4.79 Å². The lowest BCUT2D eigenvalue weighted by atomic mass is 10.0. The van der Waals surface area contributed by atoms with Crippen molar-refractivity contribution in [3.05, 3.63) is 15.9 Å². The molecule has 2 rings (SSSR count). The van der Waals surface area contributed by atoms with Crippen molar-refractivity contribution in [3.63, 3.8) is 0 Å². The lowest BCUT2D eigenvalue weighted by Crippen LogP contribution is -2.60. The number of rotatable bonds is 4. The maximum Gasteiger partial charge on any atom is 0.242 e. The highest BCUT2D eigenvalue weighted by Crippen LogP contribution is 2.25. The third kappa shape index (κ3) is 2.76. The van der Waals surface area contributed by atoms with Gasteiger partial charge < -0.3 is 10.2 Å². The largest absolute Gasteiger partial charge is 0.334 e. The van der Waals surface area contributed by atoms with Gasteiger partial charge in [0.25, 0.3) is 0 Å². The molecule has 0 spiro atoms. The van der Waals surface area contributed by atoms with Gasteiger partial charge in [0, 0.05) is 19.6 Å². The number of piperazine rings is 1. The van der Waals surface area contributed by atoms with Crippen LogP contribution in [0.5, 0.6) is 0 Å². The Labute approximate surface area is 128 Å². The molecule has 1 aromatic rings. The fourth-order valence-corrected chi connectivity index (χ4v) is 3.27. The summed E-state index contributed by atoms with van der Waals surface area (Å²) in [7, 11) is 0. The zero-order valence-corrected chi connectivity index (χ0v) is 14.2. The number of carbonyl (C=O) groups is 1. The average molecular weight is 343 g/mol. The molecule has 6 heteroatoms. The molecule has 0 aliphatic carbocycles. The minimum Gasteiger partial charge on any atom is -0.334 e. The summed E-state index contributed by atoms with van der Waals surface area (Å²) < 4.78 is 3.04. The van der Waals surface area contributed by atoms with E-state index in [0.29, 0.717) is 6.54 Å². The Morgan fingerprint density at radius 3 is 2.70 bits per heavy atom. The topological polar surface area (TPSA) is 50.2 Å². The summed E-state index contributed by atoms with van der Waals surface area (Å²) in [6.45, 7) is 11.0. The van der Waals surface area contributed by atoms with Crippen molar-refractivity contribution in [1.29, 1.82) is 0 Å². The molecule has 1 N–H and O–H groups in total. The van der Waals surface area contributed by atoms with Crippen LogP contribution < -0.4 is 5.32 Å². The standard InChI is InChI=1S/C14H23BrN4O/c1-5-10-12(15)11(19(6-2)17-10)9-18-8-7-16-14(3,4)13(18)20/h16H,5-9H2,1-4H3. The van der Waals surface area contributed by atoms with E-state index in [1.54, 1.807) is 0 Å². The number of carbonyl (C=O) groups excluding carboxylic acids is 1. The number of hydrogen-bond acceptors (Lipinski definition) is 3. The van der Waals surface area contributed by atoms with Crippen LogP contribution in [0.3, 0.4) is 0 Å². The molecular formula is C14H23BrN4O. The molecule has 2 heterocycles. The lowest BCUT2D eigenvalue weighted by Gasteiger charge is -2.38. The van der Waals surface area contributed by atoms with E-state index < -0.39 is 5.54 Å². The minimum absolute atomic E-state index is 0.151. The molecule has 1 aromatic heterocycles. The highest BCUT2D eigenvalue weighted by atomic mass is 79.9. The average Bonchev–Trinajstić information content (AvgIpc) is 2.71. The van der Waals surface area contributed by atoms with E-state index in [1.165, 1.54) is 0 Å². The maximum absolute atomic E-state index is 12.5. The van der Waals surface area contributed by atoms with Crippen LogP contribution >= 0.6 is 15.9 Å². The molecule has 0 saturated carbocycles. The molecule has 5 nitrogen and oxygen atoms in total. The Bertz CT molecular complexity index is 510. The second-order valence-electron chi connectivity index (χ2n) is 5.66. The SMILES string of the molecule is CCc1nn(CC)c(CN2CCNC(C)(C)C2=O)c1Br. The second kappa shape index (κ2) is 5.85. The Balaban J connectivity index is 2.25. The Hall–Kier alpha value is -0.880. The molecule has 0 aromatic carbocycles. The van der Waals surface area contributed by atoms with Gasteiger partial charge in [-0.3, -0.25) is 9.48 Å². The summed E-state index contributed by atoms with van der Waals surface area (Å²) in [5.74, 6) is 0.151. The molecule has 20 heavy (non-hydrogen) atoms. The highest BCUT2D eigenvalue weighted by Gasteiger charge is 2.35. The summed E-state index contributed by atoms with van der Waals surface area (Å²) in [5.41, 5.74) is 1.68. The molecule has 112 valence electrons. The van der Waals surface area contributed by atoms with Crippen LogP contribution in [-0.4, -0.2) is 39.2 Å². The van der Waals surface area contributed by atoms with E-state index in [1.807, 2.05) is 23.4 Å². The van der Waals surface area contributed by atoms with E-state index in [2.05, 4.69) is 40.2 Å². The number of nitrogens with one attached hydrogen (secondary N) is 1. The Morgan fingerprint density at radius 2 is 2.10 bits per heavy atom. The molecule has 0 atom stereocenters. The molecule has 1 amide bonds. The first-order chi connectivity index (χ1) is 9.40. The summed E-state index contributed by atoms with van der Waals surface area (Å²) in [6, 6.07) is 0. The van der Waals surface area contributed by atoms with Gasteiger partial charge in [0.1, 0.15) is 0 Å². The van der Waals surface area contributed by atoms with E-state index in [-0.39, 0.29) is 5.91 Å². The summed E-state index contributed by atoms with van der Waals surface area (Å²) in [4.78, 5) is 14.4. The predicted octanol–water partition coefficient (Wildman–Crippen LogP) is 1.94. The van der Waals surface area contributed by atoms with E-state index in [0.717, 1.165) is 41.9 Å². The van der Waals surface area contributed by atoms with Gasteiger partial charge >= 0.3 is 0 Å². The molecule has 0 bridgehead atoms. The first-order valence-electron chi connectivity index (χ1n) is 7.19. The molecule has 1 fully saturated rings. The van der Waals surface area contributed by atoms with Crippen molar-refractivity contribution in [2.24, 2.45) is 0 Å². The van der Waals surface area contributed by atoms with Gasteiger partial charge in [-0.05, 0) is 43.1 Å². The van der Waals surface area contributed by atoms with Crippen LogP contribution in [0.1, 0.15) is 39.1 Å². The summed E-state index contributed by atoms with van der Waals surface area (Å²) >= 11 is 3.64. The number of hydrogen-bond donors (Lipinski definition) is 1. The minimum atomic E-state index is -0.477. The normalized spacial score (nSPS) is 18.6. The number of nitrogens with zero attached hydrogens (tertiary/aromatic N) is 3. The summed E-state index contributed by atoms with van der Waals surface area (Å²) in [6.07, 6.45) is 0.890. The first-order valence-corrected chi connectivity index (χ1v) is 7.98. The van der Waals surface area contributed by atoms with Gasteiger partial charge in [-0.2, -0.15) is 5.10 Å². The first kappa shape index (κ1) is 15.5. The molecule has 0 unspecified atom stereocenters. The van der Waals surface area contributed by atoms with E-state index in [9.17, 15) is 4.79 Å². The molecule has 0 radical (unpaired) electrons. The monoisotopic (exact) mass is 342 g/mol. The zero-order valence-electron chi connectivity index (χ0n) is 12.7. The van der Waals surface area contributed by atoms with Crippen molar-refractivity contribution in [2.75, 3.05) is 13.1 Å². The van der Waals surface area contributed by atoms with Crippen LogP contribution in [0.2, 0.25) is 0 Å². The third-order valence-electron chi connectivity index (χ3n) is 3.81. The molecule has 1 aliphatic heterocycles. The van der Waals surface area contributed by atoms with Crippen LogP contribution in [0.25, 0.3) is 0 Å². The molecule has 1 saturated heterocycles. The van der Waals surface area contributed by atoms with Gasteiger partial charge in [0.2, 0.25) is 5.91 Å². The van der Waals surface area contributed by atoms with Crippen molar-refractivity contribution in [3.8, 4) is 0 Å². The fourth-order valence-electron chi connectivity index (χ4n) is 2.58. The number of aromatic nitrogens is 2. The molecular weight excluding hydrogens is 320 g/mol. The lowest BCUT2D eigenvalue weighted by molar-refractivity contribution is -0.140. The van der Waals surface area contributed by atoms with Crippen molar-refractivity contribution in [1.82, 2.24) is 20.0 Å². The van der Waals surface area contributed by atoms with Crippen molar-refractivity contribution in [2.45, 2.75) is 52.7 Å². The highest BCUT2D eigenvalue weighted by molar-refractivity contribution is 9.10. The van der Waals surface area contributed by atoms with Gasteiger partial charge in [-0.1, -0.05) is 6.92 Å². The number of aryl methyl sites for hydroxylation is 2. The van der Waals surface area contributed by atoms with Gasteiger partial charge in [-0.25, -0.2) is 0 Å². The smallest absolute Gasteiger partial charge is 0.242 e. The third-order valence-corrected chi connectivity index (χ3v) is 4.72. The van der Waals surface area contributed by atoms with Gasteiger partial charge in [0.05, 0.1) is 27.9 Å². The Morgan fingerprint density at radius 1 is 1.40 bits per heavy atom. The molecule has 1 aliphatic rings. The predicted molar refractivity (Wildman–Crippen MR) is 82.5 cm³/mol. The van der Waals surface area contributed by atoms with Crippen LogP contribution in [0.15, 0.2) is 4.47 Å². The van der Waals surface area contributed by atoms with Crippen LogP contribution in [0.4, 0.5) is 0 Å². The van der Waals surface area contributed by atoms with E-state index in [4.69, 9.17) is 0 Å². The second-order valence-corrected chi connectivity index (χ2v) is 6.45. The Kier molecular flexibility index (Phi) is 4.54. The summed E-state index contributed by atoms with van der Waals surface area (Å²) in [5, 5.41) is 7.85. The zero-order chi connectivity index (χ0) is 14.9. The van der Waals surface area contributed by atoms with Gasteiger partial charge in [0.15, 0.2) is 0 Å². The van der Waals surface area contributed by atoms with Crippen LogP contribution in [-0.2, 0) is 24.3 Å². The van der Waals surface area contributed by atoms with Crippen molar-refractivity contribution >= 4 is 21.8 Å². The van der Waals surface area contributed by atoms with E-state index >= 15 is 0 Å².